The zero-order chi connectivity index (χ0) is 26.9. The Bertz CT molecular complexity index is 1400. The van der Waals surface area contributed by atoms with Gasteiger partial charge in [0.2, 0.25) is 5.75 Å². The SMILES string of the molecule is COc1ccccc1/C=N/NC(=O)CSc1nnc(-c2cc(OC)c(OC)c(OC)c2)n1-c1ccccc1. The van der Waals surface area contributed by atoms with E-state index >= 15 is 0 Å². The van der Waals surface area contributed by atoms with Gasteiger partial charge in [0.1, 0.15) is 5.75 Å². The van der Waals surface area contributed by atoms with Crippen LogP contribution in [-0.2, 0) is 4.79 Å². The molecule has 11 heteroatoms. The van der Waals surface area contributed by atoms with Crippen LogP contribution >= 0.6 is 11.8 Å². The number of hydrogen-bond acceptors (Lipinski definition) is 9. The zero-order valence-electron chi connectivity index (χ0n) is 21.4. The molecule has 0 fully saturated rings. The average molecular weight is 534 g/mol. The zero-order valence-corrected chi connectivity index (χ0v) is 22.2. The fourth-order valence-corrected chi connectivity index (χ4v) is 4.42. The van der Waals surface area contributed by atoms with Crippen LogP contribution < -0.4 is 24.4 Å². The maximum absolute atomic E-state index is 12.5. The van der Waals surface area contributed by atoms with Gasteiger partial charge in [-0.05, 0) is 36.4 Å². The third kappa shape index (κ3) is 5.89. The summed E-state index contributed by atoms with van der Waals surface area (Å²) in [6.45, 7) is 0. The van der Waals surface area contributed by atoms with Crippen LogP contribution in [0.1, 0.15) is 5.56 Å². The smallest absolute Gasteiger partial charge is 0.250 e. The van der Waals surface area contributed by atoms with Crippen molar-refractivity contribution in [3.8, 4) is 40.1 Å². The summed E-state index contributed by atoms with van der Waals surface area (Å²) in [6, 6.07) is 20.6. The highest BCUT2D eigenvalue weighted by Crippen LogP contribution is 2.41. The summed E-state index contributed by atoms with van der Waals surface area (Å²) in [5.41, 5.74) is 4.83. The topological polar surface area (TPSA) is 109 Å². The number of aromatic nitrogens is 3. The number of para-hydroxylation sites is 2. The van der Waals surface area contributed by atoms with Crippen molar-refractivity contribution in [1.82, 2.24) is 20.2 Å². The molecule has 4 rings (SSSR count). The normalized spacial score (nSPS) is 10.8. The molecular formula is C27H27N5O5S. The largest absolute Gasteiger partial charge is 0.496 e. The molecular weight excluding hydrogens is 506 g/mol. The third-order valence-corrected chi connectivity index (χ3v) is 6.36. The van der Waals surface area contributed by atoms with Gasteiger partial charge in [0.25, 0.3) is 5.91 Å². The van der Waals surface area contributed by atoms with Crippen molar-refractivity contribution < 1.29 is 23.7 Å². The Hall–Kier alpha value is -4.51. The summed E-state index contributed by atoms with van der Waals surface area (Å²) in [7, 11) is 6.24. The van der Waals surface area contributed by atoms with Crippen LogP contribution in [0.3, 0.4) is 0 Å². The second-order valence-electron chi connectivity index (χ2n) is 7.71. The van der Waals surface area contributed by atoms with Crippen LogP contribution in [-0.4, -0.2) is 61.1 Å². The highest BCUT2D eigenvalue weighted by atomic mass is 32.2. The van der Waals surface area contributed by atoms with Gasteiger partial charge >= 0.3 is 0 Å². The lowest BCUT2D eigenvalue weighted by Gasteiger charge is -2.15. The number of rotatable bonds is 11. The quantitative estimate of drug-likeness (QED) is 0.174. The van der Waals surface area contributed by atoms with Crippen LogP contribution in [0.25, 0.3) is 17.1 Å². The molecule has 10 nitrogen and oxygen atoms in total. The van der Waals surface area contributed by atoms with Crippen molar-refractivity contribution in [3.63, 3.8) is 0 Å². The highest BCUT2D eigenvalue weighted by Gasteiger charge is 2.21. The number of nitrogens with one attached hydrogen (secondary N) is 1. The number of hydrogen-bond donors (Lipinski definition) is 1. The molecule has 0 atom stereocenters. The maximum Gasteiger partial charge on any atom is 0.250 e. The second-order valence-corrected chi connectivity index (χ2v) is 8.66. The van der Waals surface area contributed by atoms with Crippen LogP contribution in [0.15, 0.2) is 77.0 Å². The Morgan fingerprint density at radius 2 is 1.55 bits per heavy atom. The second kappa shape index (κ2) is 12.6. The lowest BCUT2D eigenvalue weighted by atomic mass is 10.1. The molecule has 1 heterocycles. The number of amides is 1. The molecule has 1 N–H and O–H groups in total. The lowest BCUT2D eigenvalue weighted by molar-refractivity contribution is -0.118. The van der Waals surface area contributed by atoms with E-state index in [1.807, 2.05) is 59.2 Å². The first kappa shape index (κ1) is 26.6. The van der Waals surface area contributed by atoms with Crippen molar-refractivity contribution in [2.75, 3.05) is 34.2 Å². The van der Waals surface area contributed by atoms with Gasteiger partial charge in [-0.1, -0.05) is 42.1 Å². The molecule has 0 aliphatic heterocycles. The Morgan fingerprint density at radius 1 is 0.895 bits per heavy atom. The molecule has 0 spiro atoms. The fraction of sp³-hybridized carbons (Fsp3) is 0.185. The first-order valence-corrected chi connectivity index (χ1v) is 12.5. The van der Waals surface area contributed by atoms with Gasteiger partial charge in [0.05, 0.1) is 40.4 Å². The Kier molecular flexibility index (Phi) is 8.83. The van der Waals surface area contributed by atoms with Gasteiger partial charge in [-0.15, -0.1) is 10.2 Å². The van der Waals surface area contributed by atoms with E-state index in [1.54, 1.807) is 40.6 Å². The summed E-state index contributed by atoms with van der Waals surface area (Å²) >= 11 is 1.24. The van der Waals surface area contributed by atoms with Crippen LogP contribution in [0, 0.1) is 0 Å². The molecule has 0 radical (unpaired) electrons. The van der Waals surface area contributed by atoms with E-state index in [4.69, 9.17) is 18.9 Å². The van der Waals surface area contributed by atoms with Crippen molar-refractivity contribution in [2.24, 2.45) is 5.10 Å². The van der Waals surface area contributed by atoms with Gasteiger partial charge in [0, 0.05) is 16.8 Å². The highest BCUT2D eigenvalue weighted by molar-refractivity contribution is 7.99. The maximum atomic E-state index is 12.5. The summed E-state index contributed by atoms with van der Waals surface area (Å²) < 4.78 is 23.6. The molecule has 0 aliphatic carbocycles. The number of carbonyl (C=O) groups is 1. The molecule has 38 heavy (non-hydrogen) atoms. The van der Waals surface area contributed by atoms with Crippen molar-refractivity contribution >= 4 is 23.9 Å². The third-order valence-electron chi connectivity index (χ3n) is 5.43. The summed E-state index contributed by atoms with van der Waals surface area (Å²) in [4.78, 5) is 12.5. The van der Waals surface area contributed by atoms with Gasteiger partial charge in [-0.3, -0.25) is 9.36 Å². The minimum Gasteiger partial charge on any atom is -0.496 e. The van der Waals surface area contributed by atoms with Crippen LogP contribution in [0.4, 0.5) is 0 Å². The number of thioether (sulfide) groups is 1. The molecule has 0 saturated carbocycles. The minimum atomic E-state index is -0.293. The molecule has 0 saturated heterocycles. The van der Waals surface area contributed by atoms with E-state index in [1.165, 1.54) is 18.0 Å². The number of methoxy groups -OCH3 is 4. The van der Waals surface area contributed by atoms with E-state index in [-0.39, 0.29) is 11.7 Å². The van der Waals surface area contributed by atoms with Gasteiger partial charge in [-0.25, -0.2) is 5.43 Å². The Balaban J connectivity index is 1.59. The molecule has 0 aliphatic rings. The van der Waals surface area contributed by atoms with E-state index in [0.717, 1.165) is 11.3 Å². The Labute approximate surface area is 224 Å². The number of benzene rings is 3. The summed E-state index contributed by atoms with van der Waals surface area (Å²) in [5.74, 6) is 2.45. The molecule has 1 aromatic heterocycles. The Morgan fingerprint density at radius 3 is 2.21 bits per heavy atom. The molecule has 3 aromatic carbocycles. The first-order valence-electron chi connectivity index (χ1n) is 11.5. The molecule has 196 valence electrons. The van der Waals surface area contributed by atoms with Gasteiger partial charge in [0.15, 0.2) is 22.5 Å². The predicted molar refractivity (Wildman–Crippen MR) is 146 cm³/mol. The number of hydrazone groups is 1. The molecule has 0 unspecified atom stereocenters. The average Bonchev–Trinajstić information content (AvgIpc) is 3.40. The monoisotopic (exact) mass is 533 g/mol. The molecule has 1 amide bonds. The number of carbonyl (C=O) groups excluding carboxylic acids is 1. The fourth-order valence-electron chi connectivity index (χ4n) is 3.68. The van der Waals surface area contributed by atoms with E-state index in [0.29, 0.717) is 39.5 Å². The minimum absolute atomic E-state index is 0.0729. The summed E-state index contributed by atoms with van der Waals surface area (Å²) in [5, 5.41) is 13.4. The standard InChI is InChI=1S/C27H27N5O5S/c1-34-21-13-9-8-10-18(21)16-28-29-24(33)17-38-27-31-30-26(32(27)20-11-6-5-7-12-20)19-14-22(35-2)25(37-4)23(15-19)36-3/h5-16H,17H2,1-4H3,(H,29,33)/b28-16+. The van der Waals surface area contributed by atoms with Crippen molar-refractivity contribution in [3.05, 3.63) is 72.3 Å². The van der Waals surface area contributed by atoms with E-state index in [2.05, 4.69) is 20.7 Å². The van der Waals surface area contributed by atoms with Crippen LogP contribution in [0.5, 0.6) is 23.0 Å². The predicted octanol–water partition coefficient (Wildman–Crippen LogP) is 4.21. The van der Waals surface area contributed by atoms with Crippen LogP contribution in [0.2, 0.25) is 0 Å². The van der Waals surface area contributed by atoms with Gasteiger partial charge in [-0.2, -0.15) is 5.10 Å². The first-order chi connectivity index (χ1) is 18.6. The van der Waals surface area contributed by atoms with Crippen molar-refractivity contribution in [2.45, 2.75) is 5.16 Å². The van der Waals surface area contributed by atoms with Crippen molar-refractivity contribution in [1.29, 1.82) is 0 Å². The van der Waals surface area contributed by atoms with E-state index < -0.39 is 0 Å². The number of nitrogens with zero attached hydrogens (tertiary/aromatic N) is 4. The van der Waals surface area contributed by atoms with Gasteiger partial charge < -0.3 is 18.9 Å². The molecule has 4 aromatic rings. The lowest BCUT2D eigenvalue weighted by Crippen LogP contribution is -2.20. The summed E-state index contributed by atoms with van der Waals surface area (Å²) in [6.07, 6.45) is 1.54. The number of ether oxygens (including phenoxy) is 4. The molecule has 0 bridgehead atoms. The van der Waals surface area contributed by atoms with E-state index in [9.17, 15) is 4.79 Å².